The van der Waals surface area contributed by atoms with Crippen molar-refractivity contribution < 1.29 is 27.5 Å². The van der Waals surface area contributed by atoms with Crippen LogP contribution in [0, 0.1) is 0 Å². The fourth-order valence-electron chi connectivity index (χ4n) is 2.02. The molecule has 0 aliphatic carbocycles. The van der Waals surface area contributed by atoms with Gasteiger partial charge in [0.1, 0.15) is 5.75 Å². The largest absolute Gasteiger partial charge is 0.495 e. The summed E-state index contributed by atoms with van der Waals surface area (Å²) in [6.07, 6.45) is -4.48. The maximum Gasteiger partial charge on any atom is 0.416 e. The van der Waals surface area contributed by atoms with Gasteiger partial charge in [0, 0.05) is 11.3 Å². The normalized spacial score (nSPS) is 11.0. The third-order valence-electron chi connectivity index (χ3n) is 3.32. The third-order valence-corrected chi connectivity index (χ3v) is 3.61. The van der Waals surface area contributed by atoms with Crippen LogP contribution in [0.2, 0.25) is 5.02 Å². The van der Waals surface area contributed by atoms with E-state index in [1.807, 2.05) is 0 Å². The summed E-state index contributed by atoms with van der Waals surface area (Å²) in [5.74, 6) is -0.742. The molecule has 2 aromatic carbocycles. The molecule has 0 aromatic heterocycles. The number of hydrogen-bond acceptors (Lipinski definition) is 3. The van der Waals surface area contributed by atoms with Crippen molar-refractivity contribution in [1.29, 1.82) is 0 Å². The van der Waals surface area contributed by atoms with E-state index in [-0.39, 0.29) is 12.1 Å². The molecular weight excluding hydrogens is 373 g/mol. The number of amides is 2. The highest BCUT2D eigenvalue weighted by molar-refractivity contribution is 6.32. The Morgan fingerprint density at radius 3 is 2.31 bits per heavy atom. The quantitative estimate of drug-likeness (QED) is 0.822. The Labute approximate surface area is 152 Å². The molecule has 2 N–H and O–H groups in total. The molecule has 26 heavy (non-hydrogen) atoms. The van der Waals surface area contributed by atoms with Crippen molar-refractivity contribution in [1.82, 2.24) is 5.32 Å². The molecule has 0 spiro atoms. The Morgan fingerprint density at radius 2 is 1.77 bits per heavy atom. The molecule has 2 rings (SSSR count). The van der Waals surface area contributed by atoms with Gasteiger partial charge in [0.15, 0.2) is 0 Å². The van der Waals surface area contributed by atoms with Crippen molar-refractivity contribution in [3.05, 3.63) is 58.6 Å². The number of methoxy groups -OCH3 is 1. The summed E-state index contributed by atoms with van der Waals surface area (Å²) in [7, 11) is 1.45. The number of alkyl halides is 3. The second-order valence-electron chi connectivity index (χ2n) is 5.16. The number of halogens is 4. The number of benzene rings is 2. The van der Waals surface area contributed by atoms with Crippen LogP contribution in [0.25, 0.3) is 0 Å². The number of ether oxygens (including phenoxy) is 1. The Balaban J connectivity index is 1.90. The first-order valence-electron chi connectivity index (χ1n) is 7.29. The van der Waals surface area contributed by atoms with E-state index in [1.54, 1.807) is 12.1 Å². The molecule has 2 aromatic rings. The number of anilines is 1. The van der Waals surface area contributed by atoms with Crippen LogP contribution >= 0.6 is 11.6 Å². The zero-order chi connectivity index (χ0) is 19.3. The summed E-state index contributed by atoms with van der Waals surface area (Å²) in [6.45, 7) is -0.358. The van der Waals surface area contributed by atoms with E-state index in [9.17, 15) is 22.8 Å². The third kappa shape index (κ3) is 5.13. The molecule has 0 saturated heterocycles. The van der Waals surface area contributed by atoms with E-state index in [1.165, 1.54) is 13.2 Å². The predicted octanol–water partition coefficient (Wildman–Crippen LogP) is 3.74. The molecule has 0 bridgehead atoms. The second kappa shape index (κ2) is 8.09. The van der Waals surface area contributed by atoms with Crippen LogP contribution in [0.3, 0.4) is 0 Å². The molecule has 0 aliphatic heterocycles. The van der Waals surface area contributed by atoms with E-state index >= 15 is 0 Å². The number of hydrogen-bond donors (Lipinski definition) is 2. The average molecular weight is 387 g/mol. The zero-order valence-corrected chi connectivity index (χ0v) is 14.2. The van der Waals surface area contributed by atoms with E-state index in [0.717, 1.165) is 24.3 Å². The van der Waals surface area contributed by atoms with Gasteiger partial charge in [-0.05, 0) is 42.5 Å². The van der Waals surface area contributed by atoms with Crippen LogP contribution < -0.4 is 15.4 Å². The first-order valence-corrected chi connectivity index (χ1v) is 7.67. The van der Waals surface area contributed by atoms with Gasteiger partial charge in [-0.15, -0.1) is 0 Å². The molecule has 0 atom stereocenters. The van der Waals surface area contributed by atoms with Crippen molar-refractivity contribution >= 4 is 29.1 Å². The highest BCUT2D eigenvalue weighted by atomic mass is 35.5. The van der Waals surface area contributed by atoms with E-state index < -0.39 is 23.6 Å². The summed E-state index contributed by atoms with van der Waals surface area (Å²) in [5.41, 5.74) is -0.439. The van der Waals surface area contributed by atoms with Crippen LogP contribution in [0.5, 0.6) is 5.75 Å². The molecule has 0 unspecified atom stereocenters. The summed E-state index contributed by atoms with van der Waals surface area (Å²) in [6, 6.07) is 8.30. The standard InChI is InChI=1S/C17H14ClF3N2O3/c1-26-14-7-6-12(8-13(14)18)23-15(24)9-22-16(25)10-2-4-11(5-3-10)17(19,20)21/h2-8H,9H2,1H3,(H,22,25)(H,23,24). The second-order valence-corrected chi connectivity index (χ2v) is 5.56. The van der Waals surface area contributed by atoms with E-state index in [0.29, 0.717) is 16.5 Å². The molecule has 9 heteroatoms. The predicted molar refractivity (Wildman–Crippen MR) is 90.4 cm³/mol. The van der Waals surface area contributed by atoms with Crippen molar-refractivity contribution in [3.8, 4) is 5.75 Å². The monoisotopic (exact) mass is 386 g/mol. The number of carbonyl (C=O) groups excluding carboxylic acids is 2. The molecule has 138 valence electrons. The Morgan fingerprint density at radius 1 is 1.12 bits per heavy atom. The van der Waals surface area contributed by atoms with Crippen LogP contribution in [0.4, 0.5) is 18.9 Å². The minimum absolute atomic E-state index is 0.0123. The van der Waals surface area contributed by atoms with E-state index in [2.05, 4.69) is 10.6 Å². The maximum absolute atomic E-state index is 12.5. The van der Waals surface area contributed by atoms with Gasteiger partial charge in [-0.1, -0.05) is 11.6 Å². The van der Waals surface area contributed by atoms with Gasteiger partial charge >= 0.3 is 6.18 Å². The van der Waals surface area contributed by atoms with Gasteiger partial charge < -0.3 is 15.4 Å². The van der Waals surface area contributed by atoms with Crippen LogP contribution in [-0.4, -0.2) is 25.5 Å². The van der Waals surface area contributed by atoms with Gasteiger partial charge in [-0.2, -0.15) is 13.2 Å². The van der Waals surface area contributed by atoms with Gasteiger partial charge in [-0.25, -0.2) is 0 Å². The van der Waals surface area contributed by atoms with Crippen LogP contribution in [0.15, 0.2) is 42.5 Å². The van der Waals surface area contributed by atoms with Crippen LogP contribution in [0.1, 0.15) is 15.9 Å². The molecule has 0 saturated carbocycles. The fraction of sp³-hybridized carbons (Fsp3) is 0.176. The molecule has 0 fully saturated rings. The van der Waals surface area contributed by atoms with Gasteiger partial charge in [-0.3, -0.25) is 9.59 Å². The summed E-state index contributed by atoms with van der Waals surface area (Å²) >= 11 is 5.94. The Kier molecular flexibility index (Phi) is 6.10. The topological polar surface area (TPSA) is 67.4 Å². The van der Waals surface area contributed by atoms with Gasteiger partial charge in [0.2, 0.25) is 5.91 Å². The molecule has 0 heterocycles. The smallest absolute Gasteiger partial charge is 0.416 e. The Hall–Kier alpha value is -2.74. The summed E-state index contributed by atoms with van der Waals surface area (Å²) in [5, 5.41) is 5.16. The SMILES string of the molecule is COc1ccc(NC(=O)CNC(=O)c2ccc(C(F)(F)F)cc2)cc1Cl. The van der Waals surface area contributed by atoms with Gasteiger partial charge in [0.25, 0.3) is 5.91 Å². The minimum atomic E-state index is -4.48. The van der Waals surface area contributed by atoms with Gasteiger partial charge in [0.05, 0.1) is 24.2 Å². The highest BCUT2D eigenvalue weighted by Gasteiger charge is 2.30. The molecule has 0 radical (unpaired) electrons. The van der Waals surface area contributed by atoms with Crippen molar-refractivity contribution in [2.75, 3.05) is 19.0 Å². The first-order chi connectivity index (χ1) is 12.2. The minimum Gasteiger partial charge on any atom is -0.495 e. The maximum atomic E-state index is 12.5. The highest BCUT2D eigenvalue weighted by Crippen LogP contribution is 2.29. The lowest BCUT2D eigenvalue weighted by atomic mass is 10.1. The summed E-state index contributed by atoms with van der Waals surface area (Å²) < 4.78 is 42.5. The lowest BCUT2D eigenvalue weighted by Gasteiger charge is -2.10. The lowest BCUT2D eigenvalue weighted by molar-refractivity contribution is -0.137. The zero-order valence-electron chi connectivity index (χ0n) is 13.5. The fourth-order valence-corrected chi connectivity index (χ4v) is 2.28. The first kappa shape index (κ1) is 19.6. The van der Waals surface area contributed by atoms with Crippen LogP contribution in [-0.2, 0) is 11.0 Å². The molecule has 0 aliphatic rings. The average Bonchev–Trinajstić information content (AvgIpc) is 2.59. The van der Waals surface area contributed by atoms with Crippen molar-refractivity contribution in [3.63, 3.8) is 0 Å². The number of nitrogens with one attached hydrogen (secondary N) is 2. The number of carbonyl (C=O) groups is 2. The lowest BCUT2D eigenvalue weighted by Crippen LogP contribution is -2.32. The molecular formula is C17H14ClF3N2O3. The number of rotatable bonds is 5. The molecule has 5 nitrogen and oxygen atoms in total. The Bertz CT molecular complexity index is 808. The summed E-state index contributed by atoms with van der Waals surface area (Å²) in [4.78, 5) is 23.7. The van der Waals surface area contributed by atoms with Crippen molar-refractivity contribution in [2.24, 2.45) is 0 Å². The van der Waals surface area contributed by atoms with E-state index in [4.69, 9.17) is 16.3 Å². The van der Waals surface area contributed by atoms with Crippen molar-refractivity contribution in [2.45, 2.75) is 6.18 Å². The molecule has 2 amide bonds.